The molecule has 3 aromatic rings. The van der Waals surface area contributed by atoms with Gasteiger partial charge in [0, 0.05) is 31.3 Å². The van der Waals surface area contributed by atoms with E-state index in [1.165, 1.54) is 5.56 Å². The molecule has 3 unspecified atom stereocenters. The molecular weight excluding hydrogens is 596 g/mol. The van der Waals surface area contributed by atoms with Crippen molar-refractivity contribution in [1.82, 2.24) is 0 Å². The number of rotatable bonds is 14. The Morgan fingerprint density at radius 2 is 1.48 bits per heavy atom. The molecule has 0 N–H and O–H groups in total. The third-order valence-electron chi connectivity index (χ3n) is 8.18. The van der Waals surface area contributed by atoms with Crippen LogP contribution >= 0.6 is 0 Å². The van der Waals surface area contributed by atoms with E-state index in [9.17, 15) is 0 Å². The van der Waals surface area contributed by atoms with Crippen LogP contribution in [0.15, 0.2) is 66.7 Å². The molecule has 7 nitrogen and oxygen atoms in total. The van der Waals surface area contributed by atoms with E-state index in [1.807, 2.05) is 42.5 Å². The van der Waals surface area contributed by atoms with Crippen molar-refractivity contribution in [1.29, 1.82) is 0 Å². The number of benzene rings is 3. The van der Waals surface area contributed by atoms with E-state index in [0.29, 0.717) is 12.4 Å². The summed E-state index contributed by atoms with van der Waals surface area (Å²) in [6.45, 7) is 14.4. The molecule has 46 heavy (non-hydrogen) atoms. The van der Waals surface area contributed by atoms with Gasteiger partial charge in [0.05, 0.1) is 18.6 Å². The van der Waals surface area contributed by atoms with Crippen LogP contribution in [0.25, 0.3) is 0 Å². The fraction of sp³-hybridized carbons (Fsp3) is 0.474. The molecule has 3 aromatic carbocycles. The SMILES string of the molecule is COCOc1ccc(C2(C)COc3cc(OCOC)ccc3C2C#CCOc2ccc(CCC(O[Si](C)C)C(C)(C)C)cc2)cc1. The van der Waals surface area contributed by atoms with Crippen molar-refractivity contribution in [2.45, 2.75) is 71.1 Å². The van der Waals surface area contributed by atoms with Crippen molar-refractivity contribution in [2.75, 3.05) is 41.0 Å². The lowest BCUT2D eigenvalue weighted by Gasteiger charge is -2.40. The minimum atomic E-state index is -0.755. The van der Waals surface area contributed by atoms with Crippen LogP contribution in [0.1, 0.15) is 56.7 Å². The Kier molecular flexibility index (Phi) is 12.6. The minimum Gasteiger partial charge on any atom is -0.492 e. The normalized spacial score (nSPS) is 18.2. The zero-order valence-electron chi connectivity index (χ0n) is 28.6. The lowest BCUT2D eigenvalue weighted by molar-refractivity contribution is 0.0505. The Morgan fingerprint density at radius 1 is 0.870 bits per heavy atom. The van der Waals surface area contributed by atoms with Gasteiger partial charge in [-0.15, -0.1) is 0 Å². The van der Waals surface area contributed by atoms with Crippen molar-refractivity contribution < 1.29 is 32.8 Å². The lowest BCUT2D eigenvalue weighted by atomic mass is 9.68. The van der Waals surface area contributed by atoms with Gasteiger partial charge in [0.25, 0.3) is 0 Å². The Balaban J connectivity index is 1.48. The highest BCUT2D eigenvalue weighted by molar-refractivity contribution is 6.48. The van der Waals surface area contributed by atoms with E-state index < -0.39 is 14.5 Å². The third kappa shape index (κ3) is 9.52. The van der Waals surface area contributed by atoms with E-state index >= 15 is 0 Å². The molecule has 4 rings (SSSR count). The van der Waals surface area contributed by atoms with Crippen molar-refractivity contribution >= 4 is 9.04 Å². The molecule has 1 radical (unpaired) electrons. The van der Waals surface area contributed by atoms with Gasteiger partial charge in [0.2, 0.25) is 9.04 Å². The Hall–Kier alpha value is -3.48. The van der Waals surface area contributed by atoms with Crippen LogP contribution in [0, 0.1) is 17.3 Å². The smallest absolute Gasteiger partial charge is 0.205 e. The Labute approximate surface area is 277 Å². The highest BCUT2D eigenvalue weighted by atomic mass is 28.3. The topological polar surface area (TPSA) is 64.6 Å². The standard InChI is InChI=1S/C38H49O7Si/c1-37(2,3)36(45-46(7)8)22-13-28-11-16-30(17-12-28)41-23-9-10-34-33-21-20-32(44-27-40-6)24-35(33)42-25-38(34,4)29-14-18-31(19-15-29)43-26-39-5/h11-12,14-21,24,34,36H,13,22-23,25-27H2,1-8H3. The van der Waals surface area contributed by atoms with Gasteiger partial charge >= 0.3 is 0 Å². The quantitative estimate of drug-likeness (QED) is 0.101. The number of methoxy groups -OCH3 is 2. The van der Waals surface area contributed by atoms with E-state index in [1.54, 1.807) is 14.2 Å². The lowest BCUT2D eigenvalue weighted by Crippen LogP contribution is -2.40. The fourth-order valence-electron chi connectivity index (χ4n) is 5.56. The molecule has 1 aliphatic heterocycles. The summed E-state index contributed by atoms with van der Waals surface area (Å²) in [6, 6.07) is 22.3. The zero-order valence-corrected chi connectivity index (χ0v) is 29.6. The summed E-state index contributed by atoms with van der Waals surface area (Å²) in [7, 11) is 2.45. The summed E-state index contributed by atoms with van der Waals surface area (Å²) in [6.07, 6.45) is 2.21. The fourth-order valence-corrected chi connectivity index (χ4v) is 6.60. The summed E-state index contributed by atoms with van der Waals surface area (Å²) < 4.78 is 40.1. The molecule has 0 aliphatic carbocycles. The second-order valence-electron chi connectivity index (χ2n) is 13.1. The highest BCUT2D eigenvalue weighted by Gasteiger charge is 2.42. The molecule has 0 spiro atoms. The number of ether oxygens (including phenoxy) is 6. The van der Waals surface area contributed by atoms with Crippen LogP contribution in [0.4, 0.5) is 0 Å². The maximum atomic E-state index is 6.32. The van der Waals surface area contributed by atoms with Crippen LogP contribution in [-0.4, -0.2) is 56.2 Å². The summed E-state index contributed by atoms with van der Waals surface area (Å²) in [5, 5.41) is 0. The monoisotopic (exact) mass is 645 g/mol. The summed E-state index contributed by atoms with van der Waals surface area (Å²) >= 11 is 0. The molecule has 1 heterocycles. The predicted octanol–water partition coefficient (Wildman–Crippen LogP) is 7.78. The second kappa shape index (κ2) is 16.4. The first-order valence-electron chi connectivity index (χ1n) is 15.8. The molecule has 0 saturated carbocycles. The molecule has 0 saturated heterocycles. The minimum absolute atomic E-state index is 0.118. The average Bonchev–Trinajstić information content (AvgIpc) is 3.04. The molecule has 0 bridgehead atoms. The number of fused-ring (bicyclic) bond motifs is 1. The van der Waals surface area contributed by atoms with Gasteiger partial charge in [-0.05, 0) is 72.8 Å². The highest BCUT2D eigenvalue weighted by Crippen LogP contribution is 2.47. The summed E-state index contributed by atoms with van der Waals surface area (Å²) in [5.41, 5.74) is 3.09. The van der Waals surface area contributed by atoms with Gasteiger partial charge in [-0.3, -0.25) is 0 Å². The van der Waals surface area contributed by atoms with Crippen molar-refractivity contribution in [3.8, 4) is 34.8 Å². The Morgan fingerprint density at radius 3 is 2.11 bits per heavy atom. The second-order valence-corrected chi connectivity index (χ2v) is 15.2. The van der Waals surface area contributed by atoms with Crippen LogP contribution in [0.3, 0.4) is 0 Å². The van der Waals surface area contributed by atoms with Crippen LogP contribution < -0.4 is 18.9 Å². The van der Waals surface area contributed by atoms with Crippen LogP contribution in [0.5, 0.6) is 23.0 Å². The number of aryl methyl sites for hydroxylation is 1. The van der Waals surface area contributed by atoms with Gasteiger partial charge in [0.15, 0.2) is 13.6 Å². The van der Waals surface area contributed by atoms with Crippen molar-refractivity contribution in [3.63, 3.8) is 0 Å². The number of hydrogen-bond acceptors (Lipinski definition) is 7. The van der Waals surface area contributed by atoms with Gasteiger partial charge in [-0.25, -0.2) is 0 Å². The maximum Gasteiger partial charge on any atom is 0.205 e. The molecular formula is C38H49O7Si. The van der Waals surface area contributed by atoms with Crippen LogP contribution in [-0.2, 0) is 25.7 Å². The summed E-state index contributed by atoms with van der Waals surface area (Å²) in [5.74, 6) is 9.70. The first kappa shape index (κ1) is 35.4. The zero-order chi connectivity index (χ0) is 33.2. The van der Waals surface area contributed by atoms with Crippen LogP contribution in [0.2, 0.25) is 13.1 Å². The van der Waals surface area contributed by atoms with Gasteiger partial charge in [-0.1, -0.05) is 69.9 Å². The number of hydrogen-bond donors (Lipinski definition) is 0. The average molecular weight is 646 g/mol. The summed E-state index contributed by atoms with van der Waals surface area (Å²) in [4.78, 5) is 0. The Bertz CT molecular complexity index is 1440. The van der Waals surface area contributed by atoms with Gasteiger partial charge in [-0.2, -0.15) is 0 Å². The van der Waals surface area contributed by atoms with Crippen molar-refractivity contribution in [2.24, 2.45) is 5.41 Å². The van der Waals surface area contributed by atoms with E-state index in [4.69, 9.17) is 32.8 Å². The van der Waals surface area contributed by atoms with Gasteiger partial charge in [0.1, 0.15) is 29.6 Å². The van der Waals surface area contributed by atoms with E-state index in [-0.39, 0.29) is 37.6 Å². The maximum absolute atomic E-state index is 6.32. The molecule has 0 amide bonds. The largest absolute Gasteiger partial charge is 0.492 e. The molecule has 0 aromatic heterocycles. The van der Waals surface area contributed by atoms with Crippen molar-refractivity contribution in [3.05, 3.63) is 83.4 Å². The van der Waals surface area contributed by atoms with E-state index in [0.717, 1.165) is 41.2 Å². The molecule has 1 aliphatic rings. The first-order valence-corrected chi connectivity index (χ1v) is 18.2. The van der Waals surface area contributed by atoms with Gasteiger partial charge < -0.3 is 32.8 Å². The predicted molar refractivity (Wildman–Crippen MR) is 183 cm³/mol. The molecule has 0 fully saturated rings. The molecule has 3 atom stereocenters. The molecule has 247 valence electrons. The third-order valence-corrected chi connectivity index (χ3v) is 8.94. The molecule has 8 heteroatoms. The van der Waals surface area contributed by atoms with E-state index in [2.05, 4.69) is 76.9 Å². The first-order chi connectivity index (χ1) is 22.0.